The number of allylic oxidation sites excluding steroid dienone is 2. The second-order valence-electron chi connectivity index (χ2n) is 13.7. The number of aliphatic hydroxyl groups is 2. The average Bonchev–Trinajstić information content (AvgIpc) is 3.03. The first-order chi connectivity index (χ1) is 15.6. The Bertz CT molecular complexity index is 901. The minimum Gasteiger partial charge on any atom is -0.478 e. The summed E-state index contributed by atoms with van der Waals surface area (Å²) in [6, 6.07) is 0. The van der Waals surface area contributed by atoms with Crippen molar-refractivity contribution in [3.63, 3.8) is 0 Å². The van der Waals surface area contributed by atoms with E-state index in [0.29, 0.717) is 17.4 Å². The summed E-state index contributed by atoms with van der Waals surface area (Å²) in [7, 11) is 0. The first kappa shape index (κ1) is 25.9. The van der Waals surface area contributed by atoms with Crippen molar-refractivity contribution >= 4 is 5.97 Å². The highest BCUT2D eigenvalue weighted by atomic mass is 16.4. The Balaban J connectivity index is 1.63. The number of aliphatic carboxylic acids is 1. The number of hydrogen-bond donors (Lipinski definition) is 3. The van der Waals surface area contributed by atoms with Crippen LogP contribution >= 0.6 is 0 Å². The van der Waals surface area contributed by atoms with Crippen molar-refractivity contribution in [1.82, 2.24) is 0 Å². The average molecular weight is 473 g/mol. The zero-order valence-electron chi connectivity index (χ0n) is 22.6. The van der Waals surface area contributed by atoms with Crippen molar-refractivity contribution in [3.05, 3.63) is 23.3 Å². The molecule has 3 N–H and O–H groups in total. The highest BCUT2D eigenvalue weighted by Gasteiger charge is 2.69. The van der Waals surface area contributed by atoms with Crippen LogP contribution in [-0.4, -0.2) is 33.0 Å². The highest BCUT2D eigenvalue weighted by Crippen LogP contribution is 2.72. The largest absolute Gasteiger partial charge is 0.478 e. The molecule has 0 aliphatic heterocycles. The van der Waals surface area contributed by atoms with Crippen LogP contribution in [0.4, 0.5) is 0 Å². The molecule has 4 nitrogen and oxygen atoms in total. The first-order valence-electron chi connectivity index (χ1n) is 13.7. The molecule has 192 valence electrons. The number of carboxylic acids is 1. The van der Waals surface area contributed by atoms with E-state index in [1.807, 2.05) is 6.08 Å². The predicted octanol–water partition coefficient (Wildman–Crippen LogP) is 6.51. The molecule has 0 aromatic heterocycles. The molecule has 0 unspecified atom stereocenters. The molecule has 0 spiro atoms. The van der Waals surface area contributed by atoms with Gasteiger partial charge < -0.3 is 15.3 Å². The summed E-state index contributed by atoms with van der Waals surface area (Å²) in [4.78, 5) is 11.2. The molecular weight excluding hydrogens is 424 g/mol. The molecule has 4 aliphatic carbocycles. The molecule has 0 bridgehead atoms. The van der Waals surface area contributed by atoms with E-state index in [2.05, 4.69) is 47.6 Å². The van der Waals surface area contributed by atoms with Crippen molar-refractivity contribution < 1.29 is 20.1 Å². The number of fused-ring (bicyclic) bond motifs is 5. The van der Waals surface area contributed by atoms with Crippen molar-refractivity contribution in [1.29, 1.82) is 0 Å². The number of aliphatic hydroxyl groups excluding tert-OH is 1. The van der Waals surface area contributed by atoms with Gasteiger partial charge in [-0.15, -0.1) is 0 Å². The molecule has 3 saturated carbocycles. The topological polar surface area (TPSA) is 77.8 Å². The van der Waals surface area contributed by atoms with Crippen LogP contribution in [0.3, 0.4) is 0 Å². The number of rotatable bonds is 5. The fourth-order valence-corrected chi connectivity index (χ4v) is 9.43. The van der Waals surface area contributed by atoms with E-state index >= 15 is 0 Å². The summed E-state index contributed by atoms with van der Waals surface area (Å²) in [5, 5.41) is 32.5. The van der Waals surface area contributed by atoms with Crippen LogP contribution in [-0.2, 0) is 4.79 Å². The van der Waals surface area contributed by atoms with E-state index in [1.165, 1.54) is 0 Å². The van der Waals surface area contributed by atoms with E-state index in [1.54, 1.807) is 12.5 Å². The van der Waals surface area contributed by atoms with Gasteiger partial charge in [-0.05, 0) is 98.7 Å². The molecule has 0 heterocycles. The molecular formula is C30H48O4. The van der Waals surface area contributed by atoms with Gasteiger partial charge in [0.2, 0.25) is 0 Å². The Morgan fingerprint density at radius 1 is 1.09 bits per heavy atom. The maximum atomic E-state index is 12.5. The van der Waals surface area contributed by atoms with Crippen molar-refractivity contribution in [2.45, 2.75) is 118 Å². The molecule has 0 saturated heterocycles. The van der Waals surface area contributed by atoms with E-state index in [4.69, 9.17) is 5.11 Å². The van der Waals surface area contributed by atoms with Crippen LogP contribution in [0.25, 0.3) is 0 Å². The van der Waals surface area contributed by atoms with Gasteiger partial charge in [0.15, 0.2) is 0 Å². The summed E-state index contributed by atoms with van der Waals surface area (Å²) in [6.07, 6.45) is 12.5. The Morgan fingerprint density at radius 2 is 1.74 bits per heavy atom. The quantitative estimate of drug-likeness (QED) is 0.315. The molecule has 0 amide bonds. The first-order valence-corrected chi connectivity index (χ1v) is 13.7. The van der Waals surface area contributed by atoms with Gasteiger partial charge in [-0.1, -0.05) is 59.3 Å². The van der Waals surface area contributed by atoms with Crippen molar-refractivity contribution in [2.24, 2.45) is 39.4 Å². The highest BCUT2D eigenvalue weighted by molar-refractivity contribution is 5.85. The Labute approximate surface area is 206 Å². The Kier molecular flexibility index (Phi) is 6.26. The zero-order chi connectivity index (χ0) is 25.3. The Hall–Kier alpha value is -1.13. The molecule has 8 atom stereocenters. The molecule has 3 fully saturated rings. The molecule has 4 heteroatoms. The fraction of sp³-hybridized carbons (Fsp3) is 0.833. The van der Waals surface area contributed by atoms with Crippen LogP contribution in [0.1, 0.15) is 106 Å². The zero-order valence-corrected chi connectivity index (χ0v) is 22.6. The van der Waals surface area contributed by atoms with Gasteiger partial charge in [0.25, 0.3) is 0 Å². The second-order valence-corrected chi connectivity index (χ2v) is 13.7. The SMILES string of the molecule is CC(=CCC[C@@H](C)[C@]1(C)CC[C@]2(C)C1=CC[C@@]1(O)[C@H]2CC[C@H]2C(C)(C)[C@@H](O)CC[C@@]21C)C(=O)O. The Morgan fingerprint density at radius 3 is 2.38 bits per heavy atom. The van der Waals surface area contributed by atoms with Crippen LogP contribution in [0, 0.1) is 39.4 Å². The second kappa shape index (κ2) is 8.20. The van der Waals surface area contributed by atoms with Crippen LogP contribution in [0.15, 0.2) is 23.3 Å². The number of carboxylic acid groups (broad SMARTS) is 1. The van der Waals surface area contributed by atoms with Crippen molar-refractivity contribution in [2.75, 3.05) is 0 Å². The third kappa shape index (κ3) is 3.41. The molecule has 34 heavy (non-hydrogen) atoms. The van der Waals surface area contributed by atoms with Gasteiger partial charge in [0.1, 0.15) is 0 Å². The van der Waals surface area contributed by atoms with Gasteiger partial charge in [-0.25, -0.2) is 4.79 Å². The predicted molar refractivity (Wildman–Crippen MR) is 136 cm³/mol. The lowest BCUT2D eigenvalue weighted by Gasteiger charge is -2.68. The smallest absolute Gasteiger partial charge is 0.330 e. The minimum atomic E-state index is -0.830. The maximum absolute atomic E-state index is 12.5. The third-order valence-electron chi connectivity index (χ3n) is 12.0. The van der Waals surface area contributed by atoms with E-state index < -0.39 is 11.6 Å². The lowest BCUT2D eigenvalue weighted by atomic mass is 9.39. The number of carbonyl (C=O) groups is 1. The fourth-order valence-electron chi connectivity index (χ4n) is 9.43. The molecule has 4 aliphatic rings. The molecule has 0 aromatic rings. The van der Waals surface area contributed by atoms with Gasteiger partial charge >= 0.3 is 5.97 Å². The van der Waals surface area contributed by atoms with E-state index in [-0.39, 0.29) is 33.7 Å². The third-order valence-corrected chi connectivity index (χ3v) is 12.0. The van der Waals surface area contributed by atoms with Crippen LogP contribution < -0.4 is 0 Å². The summed E-state index contributed by atoms with van der Waals surface area (Å²) in [6.45, 7) is 15.6. The standard InChI is InChI=1S/C30H48O4/c1-19(25(32)33)9-8-10-20(2)27(5)17-18-28(6)22(27)13-16-30(34)23(28)12-11-21-26(3,4)24(31)14-15-29(21,30)7/h9,13,20-21,23-24,31,34H,8,10-12,14-18H2,1-7H3,(H,32,33)/t20-,21+,23+,24+,27+,28-,29+,30-/m1/s1. The van der Waals surface area contributed by atoms with Gasteiger partial charge in [0.05, 0.1) is 11.7 Å². The summed E-state index contributed by atoms with van der Waals surface area (Å²) < 4.78 is 0. The number of hydrogen-bond acceptors (Lipinski definition) is 3. The molecule has 4 rings (SSSR count). The summed E-state index contributed by atoms with van der Waals surface area (Å²) in [5.41, 5.74) is 1.03. The van der Waals surface area contributed by atoms with E-state index in [9.17, 15) is 15.0 Å². The van der Waals surface area contributed by atoms with E-state index in [0.717, 1.165) is 57.8 Å². The molecule has 0 radical (unpaired) electrons. The van der Waals surface area contributed by atoms with Gasteiger partial charge in [-0.3, -0.25) is 0 Å². The lowest BCUT2D eigenvalue weighted by molar-refractivity contribution is -0.249. The minimum absolute atomic E-state index is 0.0109. The van der Waals surface area contributed by atoms with Crippen LogP contribution in [0.5, 0.6) is 0 Å². The van der Waals surface area contributed by atoms with Gasteiger partial charge in [0, 0.05) is 11.0 Å². The lowest BCUT2D eigenvalue weighted by Crippen LogP contribution is -2.68. The normalized spacial score (nSPS) is 46.7. The van der Waals surface area contributed by atoms with Crippen molar-refractivity contribution in [3.8, 4) is 0 Å². The summed E-state index contributed by atoms with van der Waals surface area (Å²) >= 11 is 0. The van der Waals surface area contributed by atoms with Gasteiger partial charge in [-0.2, -0.15) is 0 Å². The maximum Gasteiger partial charge on any atom is 0.330 e. The van der Waals surface area contributed by atoms with Crippen LogP contribution in [0.2, 0.25) is 0 Å². The monoisotopic (exact) mass is 472 g/mol. The molecule has 0 aromatic carbocycles. The summed E-state index contributed by atoms with van der Waals surface area (Å²) in [5.74, 6) is 0.222.